The van der Waals surface area contributed by atoms with E-state index in [0.717, 1.165) is 28.8 Å². The molecule has 0 saturated heterocycles. The van der Waals surface area contributed by atoms with Crippen LogP contribution in [0.5, 0.6) is 0 Å². The summed E-state index contributed by atoms with van der Waals surface area (Å²) in [6.45, 7) is 4.49. The van der Waals surface area contributed by atoms with E-state index in [1.807, 2.05) is 24.4 Å². The number of rotatable bonds is 3. The molecule has 0 fully saturated rings. The van der Waals surface area contributed by atoms with Crippen LogP contribution in [0, 0.1) is 5.82 Å². The number of aromatic nitrogens is 2. The molecule has 1 aliphatic heterocycles. The largest absolute Gasteiger partial charge is 0.274 e. The van der Waals surface area contributed by atoms with Gasteiger partial charge >= 0.3 is 0 Å². The first-order chi connectivity index (χ1) is 12.5. The maximum atomic E-state index is 13.9. The van der Waals surface area contributed by atoms with Gasteiger partial charge in [0.15, 0.2) is 0 Å². The van der Waals surface area contributed by atoms with E-state index >= 15 is 0 Å². The van der Waals surface area contributed by atoms with Crippen LogP contribution in [0.2, 0.25) is 0 Å². The molecule has 0 aliphatic carbocycles. The molecular weight excluding hydrogens is 345 g/mol. The van der Waals surface area contributed by atoms with E-state index in [1.165, 1.54) is 11.6 Å². The van der Waals surface area contributed by atoms with Gasteiger partial charge in [-0.2, -0.15) is 0 Å². The molecule has 1 unspecified atom stereocenters. The highest BCUT2D eigenvalue weighted by Gasteiger charge is 2.31. The van der Waals surface area contributed by atoms with Crippen LogP contribution in [0.25, 0.3) is 10.9 Å². The van der Waals surface area contributed by atoms with Crippen LogP contribution in [-0.4, -0.2) is 25.8 Å². The molecule has 0 amide bonds. The van der Waals surface area contributed by atoms with Crippen LogP contribution in [-0.2, 0) is 6.42 Å². The van der Waals surface area contributed by atoms with E-state index in [0.29, 0.717) is 5.52 Å². The number of para-hydroxylation sites is 1. The predicted octanol–water partition coefficient (Wildman–Crippen LogP) is 5.04. The van der Waals surface area contributed by atoms with Crippen molar-refractivity contribution in [2.45, 2.75) is 37.5 Å². The van der Waals surface area contributed by atoms with Gasteiger partial charge in [-0.3, -0.25) is 15.0 Å². The Hall–Kier alpha value is -2.27. The fraction of sp³-hybridized carbons (Fsp3) is 0.286. The number of pyridine rings is 2. The van der Waals surface area contributed by atoms with E-state index in [2.05, 4.69) is 29.9 Å². The molecule has 1 atom stereocenters. The minimum atomic E-state index is -0.290. The maximum absolute atomic E-state index is 13.9. The fourth-order valence-electron chi connectivity index (χ4n) is 3.39. The Bertz CT molecular complexity index is 969. The van der Waals surface area contributed by atoms with Gasteiger partial charge in [0.2, 0.25) is 0 Å². The minimum absolute atomic E-state index is 0.0842. The fourth-order valence-corrected chi connectivity index (χ4v) is 4.62. The third-order valence-corrected chi connectivity index (χ3v) is 5.76. The number of thioether (sulfide) groups is 1. The van der Waals surface area contributed by atoms with Gasteiger partial charge in [-0.25, -0.2) is 4.39 Å². The highest BCUT2D eigenvalue weighted by molar-refractivity contribution is 8.15. The van der Waals surface area contributed by atoms with E-state index in [-0.39, 0.29) is 16.6 Å². The third-order valence-electron chi connectivity index (χ3n) is 4.50. The number of aliphatic imine (C=N–C) groups is 1. The normalized spacial score (nSPS) is 19.3. The molecule has 2 aromatic heterocycles. The topological polar surface area (TPSA) is 38.1 Å². The molecule has 3 aromatic rings. The molecular formula is C21H20FN3S. The van der Waals surface area contributed by atoms with Gasteiger partial charge in [-0.1, -0.05) is 43.8 Å². The van der Waals surface area contributed by atoms with Crippen molar-refractivity contribution in [1.29, 1.82) is 0 Å². The molecule has 3 heterocycles. The Balaban J connectivity index is 1.69. The maximum Gasteiger partial charge on any atom is 0.149 e. The zero-order valence-electron chi connectivity index (χ0n) is 14.8. The van der Waals surface area contributed by atoms with Crippen molar-refractivity contribution in [2.75, 3.05) is 0 Å². The van der Waals surface area contributed by atoms with Crippen molar-refractivity contribution < 1.29 is 4.39 Å². The summed E-state index contributed by atoms with van der Waals surface area (Å²) in [4.78, 5) is 13.5. The highest BCUT2D eigenvalue weighted by Crippen LogP contribution is 2.39. The van der Waals surface area contributed by atoms with Gasteiger partial charge < -0.3 is 0 Å². The number of benzene rings is 1. The Morgan fingerprint density at radius 3 is 2.88 bits per heavy atom. The zero-order valence-corrected chi connectivity index (χ0v) is 15.6. The van der Waals surface area contributed by atoms with Crippen LogP contribution in [0.15, 0.2) is 60.0 Å². The molecule has 1 aromatic carbocycles. The van der Waals surface area contributed by atoms with Crippen LogP contribution in [0.4, 0.5) is 4.39 Å². The molecule has 132 valence electrons. The molecule has 0 saturated carbocycles. The lowest BCUT2D eigenvalue weighted by atomic mass is 9.97. The summed E-state index contributed by atoms with van der Waals surface area (Å²) in [5, 5.41) is 1.78. The van der Waals surface area contributed by atoms with Gasteiger partial charge in [0.25, 0.3) is 0 Å². The Kier molecular flexibility index (Phi) is 4.49. The SMILES string of the molecule is CC1(C)CC(Cc2cccnc2)N=C(c2cnc3c(F)cccc3c2)S1. The van der Waals surface area contributed by atoms with E-state index < -0.39 is 0 Å². The monoisotopic (exact) mass is 365 g/mol. The highest BCUT2D eigenvalue weighted by atomic mass is 32.2. The molecule has 4 rings (SSSR count). The first kappa shape index (κ1) is 17.2. The number of fused-ring (bicyclic) bond motifs is 1. The number of hydrogen-bond donors (Lipinski definition) is 0. The van der Waals surface area contributed by atoms with Crippen LogP contribution in [0.1, 0.15) is 31.4 Å². The van der Waals surface area contributed by atoms with Gasteiger partial charge in [-0.15, -0.1) is 0 Å². The molecule has 0 N–H and O–H groups in total. The standard InChI is InChI=1S/C21H20FN3S/c1-21(2)11-17(9-14-5-4-8-23-12-14)25-20(26-21)16-10-15-6-3-7-18(22)19(15)24-13-16/h3-8,10,12-13,17H,9,11H2,1-2H3. The molecule has 0 bridgehead atoms. The zero-order chi connectivity index (χ0) is 18.1. The third kappa shape index (κ3) is 3.63. The lowest BCUT2D eigenvalue weighted by Gasteiger charge is -2.33. The smallest absolute Gasteiger partial charge is 0.149 e. The van der Waals surface area contributed by atoms with Crippen molar-refractivity contribution in [3.63, 3.8) is 0 Å². The second-order valence-corrected chi connectivity index (χ2v) is 8.95. The summed E-state index contributed by atoms with van der Waals surface area (Å²) in [7, 11) is 0. The van der Waals surface area contributed by atoms with Gasteiger partial charge in [-0.05, 0) is 36.6 Å². The van der Waals surface area contributed by atoms with E-state index in [9.17, 15) is 4.39 Å². The Morgan fingerprint density at radius 2 is 2.08 bits per heavy atom. The van der Waals surface area contributed by atoms with E-state index in [4.69, 9.17) is 4.99 Å². The first-order valence-corrected chi connectivity index (χ1v) is 9.52. The lowest BCUT2D eigenvalue weighted by molar-refractivity contribution is 0.525. The van der Waals surface area contributed by atoms with Crippen LogP contribution < -0.4 is 0 Å². The predicted molar refractivity (Wildman–Crippen MR) is 106 cm³/mol. The van der Waals surface area contributed by atoms with Crippen LogP contribution in [0.3, 0.4) is 0 Å². The molecule has 5 heteroatoms. The van der Waals surface area contributed by atoms with Crippen molar-refractivity contribution in [2.24, 2.45) is 4.99 Å². The molecule has 26 heavy (non-hydrogen) atoms. The molecule has 0 radical (unpaired) electrons. The number of hydrogen-bond acceptors (Lipinski definition) is 4. The summed E-state index contributed by atoms with van der Waals surface area (Å²) in [5.41, 5.74) is 2.56. The summed E-state index contributed by atoms with van der Waals surface area (Å²) >= 11 is 1.77. The average Bonchev–Trinajstić information content (AvgIpc) is 2.61. The molecule has 1 aliphatic rings. The van der Waals surface area contributed by atoms with Crippen LogP contribution >= 0.6 is 11.8 Å². The van der Waals surface area contributed by atoms with Gasteiger partial charge in [0.1, 0.15) is 16.4 Å². The van der Waals surface area contributed by atoms with E-state index in [1.54, 1.807) is 30.2 Å². The summed E-state index contributed by atoms with van der Waals surface area (Å²) < 4.78 is 14.0. The van der Waals surface area contributed by atoms with Crippen molar-refractivity contribution in [3.8, 4) is 0 Å². The number of nitrogens with zero attached hydrogens (tertiary/aromatic N) is 3. The average molecular weight is 365 g/mol. The minimum Gasteiger partial charge on any atom is -0.274 e. The summed E-state index contributed by atoms with van der Waals surface area (Å²) in [6, 6.07) is 11.3. The summed E-state index contributed by atoms with van der Waals surface area (Å²) in [5.74, 6) is -0.290. The first-order valence-electron chi connectivity index (χ1n) is 8.70. The number of halogens is 1. The molecule has 0 spiro atoms. The quantitative estimate of drug-likeness (QED) is 0.652. The lowest BCUT2D eigenvalue weighted by Crippen LogP contribution is -2.31. The van der Waals surface area contributed by atoms with Gasteiger partial charge in [0, 0.05) is 34.3 Å². The second kappa shape index (κ2) is 6.80. The Labute approximate surface area is 156 Å². The van der Waals surface area contributed by atoms with Gasteiger partial charge in [0.05, 0.1) is 6.04 Å². The Morgan fingerprint density at radius 1 is 1.19 bits per heavy atom. The van der Waals surface area contributed by atoms with Crippen molar-refractivity contribution in [3.05, 3.63) is 71.9 Å². The second-order valence-electron chi connectivity index (χ2n) is 7.25. The van der Waals surface area contributed by atoms with Crippen molar-refractivity contribution >= 4 is 27.7 Å². The molecule has 3 nitrogen and oxygen atoms in total. The van der Waals surface area contributed by atoms with Crippen molar-refractivity contribution in [1.82, 2.24) is 9.97 Å². The summed E-state index contributed by atoms with van der Waals surface area (Å²) in [6.07, 6.45) is 7.31.